The van der Waals surface area contributed by atoms with Crippen LogP contribution in [0.2, 0.25) is 0 Å². The fraction of sp³-hybridized carbons (Fsp3) is 0.188. The van der Waals surface area contributed by atoms with Gasteiger partial charge in [0.15, 0.2) is 5.78 Å². The van der Waals surface area contributed by atoms with Crippen LogP contribution in [-0.2, 0) is 0 Å². The molecule has 0 aliphatic rings. The van der Waals surface area contributed by atoms with E-state index in [0.717, 1.165) is 22.4 Å². The van der Waals surface area contributed by atoms with Gasteiger partial charge in [-0.05, 0) is 25.1 Å². The average Bonchev–Trinajstić information content (AvgIpc) is 2.38. The summed E-state index contributed by atoms with van der Waals surface area (Å²) in [6.07, 6.45) is 0. The van der Waals surface area contributed by atoms with Crippen molar-refractivity contribution < 1.29 is 4.79 Å². The molecular weight excluding hydrogens is 222 g/mol. The highest BCUT2D eigenvalue weighted by Gasteiger charge is 2.09. The van der Waals surface area contributed by atoms with Gasteiger partial charge in [-0.2, -0.15) is 0 Å². The Balaban J connectivity index is 2.37. The van der Waals surface area contributed by atoms with Crippen molar-refractivity contribution in [3.63, 3.8) is 0 Å². The molecule has 2 heteroatoms. The molecular formula is C16H17NO. The molecule has 0 amide bonds. The monoisotopic (exact) mass is 239 g/mol. The molecule has 0 atom stereocenters. The van der Waals surface area contributed by atoms with Crippen molar-refractivity contribution in [1.29, 1.82) is 0 Å². The summed E-state index contributed by atoms with van der Waals surface area (Å²) in [6.45, 7) is 1.99. The van der Waals surface area contributed by atoms with Gasteiger partial charge >= 0.3 is 0 Å². The predicted octanol–water partition coefficient (Wildman–Crippen LogP) is 3.29. The fourth-order valence-corrected chi connectivity index (χ4v) is 1.88. The summed E-state index contributed by atoms with van der Waals surface area (Å²) in [6, 6.07) is 15.4. The van der Waals surface area contributed by atoms with E-state index < -0.39 is 0 Å². The molecule has 0 N–H and O–H groups in total. The molecule has 0 unspecified atom stereocenters. The lowest BCUT2D eigenvalue weighted by Crippen LogP contribution is -2.10. The van der Waals surface area contributed by atoms with E-state index in [1.165, 1.54) is 0 Å². The first kappa shape index (κ1) is 12.4. The molecule has 0 saturated heterocycles. The van der Waals surface area contributed by atoms with E-state index in [1.54, 1.807) is 0 Å². The number of ketones is 1. The topological polar surface area (TPSA) is 20.3 Å². The molecule has 0 saturated carbocycles. The van der Waals surface area contributed by atoms with Crippen molar-refractivity contribution in [2.45, 2.75) is 6.92 Å². The molecule has 2 aromatic carbocycles. The minimum Gasteiger partial charge on any atom is -0.378 e. The molecule has 0 fully saturated rings. The molecule has 0 radical (unpaired) electrons. The van der Waals surface area contributed by atoms with Gasteiger partial charge in [0.25, 0.3) is 0 Å². The summed E-state index contributed by atoms with van der Waals surface area (Å²) in [5, 5.41) is 0. The van der Waals surface area contributed by atoms with Crippen LogP contribution in [0.1, 0.15) is 21.5 Å². The minimum atomic E-state index is 0.0717. The maximum Gasteiger partial charge on any atom is 0.193 e. The SMILES string of the molecule is Cc1cccc(C(=O)c2cccc(N(C)C)c2)c1. The smallest absolute Gasteiger partial charge is 0.193 e. The lowest BCUT2D eigenvalue weighted by Gasteiger charge is -2.13. The number of carbonyl (C=O) groups excluding carboxylic acids is 1. The van der Waals surface area contributed by atoms with Crippen LogP contribution in [0.3, 0.4) is 0 Å². The van der Waals surface area contributed by atoms with Gasteiger partial charge in [0.2, 0.25) is 0 Å². The standard InChI is InChI=1S/C16H17NO/c1-12-6-4-7-13(10-12)16(18)14-8-5-9-15(11-14)17(2)3/h4-11H,1-3H3. The van der Waals surface area contributed by atoms with Crippen molar-refractivity contribution >= 4 is 11.5 Å². The van der Waals surface area contributed by atoms with Crippen molar-refractivity contribution in [2.24, 2.45) is 0 Å². The Kier molecular flexibility index (Phi) is 3.47. The number of benzene rings is 2. The minimum absolute atomic E-state index is 0.0717. The second-order valence-electron chi connectivity index (χ2n) is 4.64. The zero-order chi connectivity index (χ0) is 13.1. The maximum absolute atomic E-state index is 12.4. The summed E-state index contributed by atoms with van der Waals surface area (Å²) >= 11 is 0. The number of anilines is 1. The van der Waals surface area contributed by atoms with Crippen LogP contribution >= 0.6 is 0 Å². The number of rotatable bonds is 3. The van der Waals surface area contributed by atoms with E-state index >= 15 is 0 Å². The molecule has 0 aliphatic heterocycles. The molecule has 2 nitrogen and oxygen atoms in total. The largest absolute Gasteiger partial charge is 0.378 e. The van der Waals surface area contributed by atoms with Crippen LogP contribution in [0.15, 0.2) is 48.5 Å². The Bertz CT molecular complexity index is 573. The Morgan fingerprint density at radius 2 is 1.56 bits per heavy atom. The van der Waals surface area contributed by atoms with Gasteiger partial charge in [-0.25, -0.2) is 0 Å². The molecule has 0 spiro atoms. The van der Waals surface area contributed by atoms with E-state index in [9.17, 15) is 4.79 Å². The normalized spacial score (nSPS) is 10.2. The molecule has 0 heterocycles. The van der Waals surface area contributed by atoms with Crippen LogP contribution < -0.4 is 4.90 Å². The van der Waals surface area contributed by atoms with Crippen LogP contribution in [0.25, 0.3) is 0 Å². The van der Waals surface area contributed by atoms with Gasteiger partial charge in [-0.3, -0.25) is 4.79 Å². The summed E-state index contributed by atoms with van der Waals surface area (Å²) < 4.78 is 0. The van der Waals surface area contributed by atoms with Gasteiger partial charge < -0.3 is 4.90 Å². The van der Waals surface area contributed by atoms with E-state index in [4.69, 9.17) is 0 Å². The van der Waals surface area contributed by atoms with Gasteiger partial charge in [-0.1, -0.05) is 35.9 Å². The highest BCUT2D eigenvalue weighted by molar-refractivity contribution is 6.09. The molecule has 2 aromatic rings. The Labute approximate surface area is 108 Å². The molecule has 18 heavy (non-hydrogen) atoms. The first-order valence-corrected chi connectivity index (χ1v) is 5.96. The zero-order valence-corrected chi connectivity index (χ0v) is 11.0. The first-order valence-electron chi connectivity index (χ1n) is 5.96. The zero-order valence-electron chi connectivity index (χ0n) is 11.0. The third kappa shape index (κ3) is 2.59. The molecule has 0 aliphatic carbocycles. The second kappa shape index (κ2) is 5.05. The van der Waals surface area contributed by atoms with Crippen LogP contribution in [0, 0.1) is 6.92 Å². The lowest BCUT2D eigenvalue weighted by molar-refractivity contribution is 0.103. The fourth-order valence-electron chi connectivity index (χ4n) is 1.88. The number of carbonyl (C=O) groups is 1. The van der Waals surface area contributed by atoms with Gasteiger partial charge in [-0.15, -0.1) is 0 Å². The van der Waals surface area contributed by atoms with Crippen molar-refractivity contribution in [3.05, 3.63) is 65.2 Å². The second-order valence-corrected chi connectivity index (χ2v) is 4.64. The molecule has 0 bridgehead atoms. The number of hydrogen-bond donors (Lipinski definition) is 0. The third-order valence-corrected chi connectivity index (χ3v) is 2.91. The molecule has 0 aromatic heterocycles. The quantitative estimate of drug-likeness (QED) is 0.766. The number of nitrogens with zero attached hydrogens (tertiary/aromatic N) is 1. The summed E-state index contributed by atoms with van der Waals surface area (Å²) in [4.78, 5) is 14.3. The molecule has 92 valence electrons. The summed E-state index contributed by atoms with van der Waals surface area (Å²) in [5.41, 5.74) is 3.61. The van der Waals surface area contributed by atoms with E-state index in [2.05, 4.69) is 0 Å². The summed E-state index contributed by atoms with van der Waals surface area (Å²) in [5.74, 6) is 0.0717. The van der Waals surface area contributed by atoms with E-state index in [0.29, 0.717) is 0 Å². The van der Waals surface area contributed by atoms with Gasteiger partial charge in [0.1, 0.15) is 0 Å². The van der Waals surface area contributed by atoms with Crippen molar-refractivity contribution in [3.8, 4) is 0 Å². The van der Waals surface area contributed by atoms with Crippen LogP contribution in [-0.4, -0.2) is 19.9 Å². The highest BCUT2D eigenvalue weighted by Crippen LogP contribution is 2.17. The third-order valence-electron chi connectivity index (χ3n) is 2.91. The van der Waals surface area contributed by atoms with E-state index in [1.807, 2.05) is 74.4 Å². The van der Waals surface area contributed by atoms with Crippen molar-refractivity contribution in [1.82, 2.24) is 0 Å². The van der Waals surface area contributed by atoms with E-state index in [-0.39, 0.29) is 5.78 Å². The number of aryl methyl sites for hydroxylation is 1. The highest BCUT2D eigenvalue weighted by atomic mass is 16.1. The Morgan fingerprint density at radius 3 is 2.17 bits per heavy atom. The van der Waals surface area contributed by atoms with Crippen LogP contribution in [0.5, 0.6) is 0 Å². The summed E-state index contributed by atoms with van der Waals surface area (Å²) in [7, 11) is 3.94. The maximum atomic E-state index is 12.4. The van der Waals surface area contributed by atoms with Crippen molar-refractivity contribution in [2.75, 3.05) is 19.0 Å². The average molecular weight is 239 g/mol. The number of hydrogen-bond acceptors (Lipinski definition) is 2. The van der Waals surface area contributed by atoms with Gasteiger partial charge in [0.05, 0.1) is 0 Å². The predicted molar refractivity (Wildman–Crippen MR) is 75.4 cm³/mol. The Hall–Kier alpha value is -2.09. The lowest BCUT2D eigenvalue weighted by atomic mass is 10.0. The Morgan fingerprint density at radius 1 is 0.944 bits per heavy atom. The molecule has 2 rings (SSSR count). The van der Waals surface area contributed by atoms with Gasteiger partial charge in [0, 0.05) is 30.9 Å². The van der Waals surface area contributed by atoms with Crippen LogP contribution in [0.4, 0.5) is 5.69 Å². The first-order chi connectivity index (χ1) is 8.58.